The Morgan fingerprint density at radius 1 is 0.500 bits per heavy atom. The molecule has 0 unspecified atom stereocenters. The lowest BCUT2D eigenvalue weighted by Gasteiger charge is -2.18. The quantitative estimate of drug-likeness (QED) is 0.283. The first-order valence-corrected chi connectivity index (χ1v) is 15.0. The van der Waals surface area contributed by atoms with Crippen LogP contribution in [0.15, 0.2) is 31.1 Å². The van der Waals surface area contributed by atoms with Crippen LogP contribution in [0.2, 0.25) is 0 Å². The lowest BCUT2D eigenvalue weighted by molar-refractivity contribution is 0.708. The summed E-state index contributed by atoms with van der Waals surface area (Å²) in [5, 5.41) is 0. The van der Waals surface area contributed by atoms with Gasteiger partial charge in [-0.25, -0.2) is 20.0 Å². The second kappa shape index (κ2) is 11.2. The Hall–Kier alpha value is -2.77. The summed E-state index contributed by atoms with van der Waals surface area (Å²) in [5.41, 5.74) is 8.38. The fourth-order valence-electron chi connectivity index (χ4n) is 6.39. The van der Waals surface area contributed by atoms with Crippen molar-refractivity contribution < 1.29 is 4.32 Å². The molecule has 202 valence electrons. The molecule has 0 radical (unpaired) electrons. The minimum atomic E-state index is -1.43. The summed E-state index contributed by atoms with van der Waals surface area (Å²) < 4.78 is 20.5. The number of aromatic nitrogens is 2. The van der Waals surface area contributed by atoms with Crippen LogP contribution in [-0.2, 0) is 25.7 Å². The highest BCUT2D eigenvalue weighted by molar-refractivity contribution is 6.49. The number of amidine groups is 2. The van der Waals surface area contributed by atoms with E-state index in [-0.39, 0.29) is 0 Å². The Morgan fingerprint density at radius 2 is 0.921 bits per heavy atom. The van der Waals surface area contributed by atoms with E-state index in [0.717, 1.165) is 122 Å². The molecule has 0 fully saturated rings. The smallest absolute Gasteiger partial charge is 0.304 e. The van der Waals surface area contributed by atoms with Gasteiger partial charge < -0.3 is 8.96 Å². The van der Waals surface area contributed by atoms with Gasteiger partial charge in [-0.3, -0.25) is 4.32 Å². The van der Waals surface area contributed by atoms with Gasteiger partial charge in [-0.05, 0) is 38.5 Å². The number of halogens is 1. The Bertz CT molecular complexity index is 1450. The Balaban J connectivity index is 1.98. The Morgan fingerprint density at radius 3 is 1.42 bits per heavy atom. The van der Waals surface area contributed by atoms with E-state index in [1.165, 1.54) is 11.1 Å². The van der Waals surface area contributed by atoms with Crippen molar-refractivity contribution in [2.75, 3.05) is 0 Å². The highest BCUT2D eigenvalue weighted by Crippen LogP contribution is 2.41. The van der Waals surface area contributed by atoms with Gasteiger partial charge in [0.1, 0.15) is 22.6 Å². The molecular weight excluding hydrogens is 474 g/mol. The molecule has 4 bridgehead atoms. The number of hydrogen-bond donors (Lipinski definition) is 0. The van der Waals surface area contributed by atoms with Gasteiger partial charge in [0.15, 0.2) is 11.7 Å². The van der Waals surface area contributed by atoms with Gasteiger partial charge >= 0.3 is 7.26 Å². The summed E-state index contributed by atoms with van der Waals surface area (Å²) >= 11 is 0. The van der Waals surface area contributed by atoms with Crippen LogP contribution in [0.1, 0.15) is 115 Å². The standard InChI is InChI=1S/C30H42BFN6/c1-7-13-19-20(14-8-2)26-33-25(19)34-27-21(15-9-3)23(17-11-5)29-36-30-24(18-12-6)22(16-10-4)28(35-26)38(30)31(32)37(27)29/h7-18H2,1-6H3. The van der Waals surface area contributed by atoms with Crippen molar-refractivity contribution >= 4 is 30.6 Å². The molecule has 0 N–H and O–H groups in total. The van der Waals surface area contributed by atoms with Crippen molar-refractivity contribution in [1.82, 2.24) is 8.96 Å². The average molecular weight is 517 g/mol. The van der Waals surface area contributed by atoms with Crippen LogP contribution in [0.5, 0.6) is 0 Å². The fraction of sp³-hybridized carbons (Fsp3) is 0.600. The maximum atomic E-state index is 17.0. The number of nitrogens with zero attached hydrogens (tertiary/aromatic N) is 6. The number of fused-ring (bicyclic) bond motifs is 1. The summed E-state index contributed by atoms with van der Waals surface area (Å²) in [7, 11) is -1.43. The zero-order valence-electron chi connectivity index (χ0n) is 24.1. The molecule has 0 aliphatic carbocycles. The van der Waals surface area contributed by atoms with E-state index < -0.39 is 7.26 Å². The van der Waals surface area contributed by atoms with Gasteiger partial charge in [-0.2, -0.15) is 0 Å². The molecule has 38 heavy (non-hydrogen) atoms. The summed E-state index contributed by atoms with van der Waals surface area (Å²) in [4.78, 5) is 20.7. The number of hydrogen-bond acceptors (Lipinski definition) is 4. The second-order valence-corrected chi connectivity index (χ2v) is 10.8. The molecule has 8 heteroatoms. The van der Waals surface area contributed by atoms with E-state index in [2.05, 4.69) is 41.5 Å². The van der Waals surface area contributed by atoms with Crippen LogP contribution in [0.3, 0.4) is 0 Å². The minimum absolute atomic E-state index is 0.701. The lowest BCUT2D eigenvalue weighted by Crippen LogP contribution is -2.46. The first-order valence-electron chi connectivity index (χ1n) is 15.0. The number of aliphatic imine (C=N–C) groups is 2. The molecule has 0 saturated carbocycles. The van der Waals surface area contributed by atoms with Gasteiger partial charge in [-0.15, -0.1) is 0 Å². The molecule has 2 aromatic heterocycles. The third-order valence-electron chi connectivity index (χ3n) is 7.90. The maximum absolute atomic E-state index is 17.0. The third kappa shape index (κ3) is 4.15. The minimum Gasteiger partial charge on any atom is -0.304 e. The maximum Gasteiger partial charge on any atom is 0.601 e. The second-order valence-electron chi connectivity index (χ2n) is 10.8. The molecule has 0 amide bonds. The normalized spacial score (nSPS) is 15.5. The molecule has 0 saturated heterocycles. The van der Waals surface area contributed by atoms with Crippen molar-refractivity contribution in [3.05, 3.63) is 44.4 Å². The van der Waals surface area contributed by atoms with Gasteiger partial charge in [0.25, 0.3) is 0 Å². The topological polar surface area (TPSA) is 59.3 Å². The van der Waals surface area contributed by atoms with Gasteiger partial charge in [0, 0.05) is 33.4 Å². The van der Waals surface area contributed by atoms with Crippen molar-refractivity contribution in [2.24, 2.45) is 20.0 Å². The summed E-state index contributed by atoms with van der Waals surface area (Å²) in [6.45, 7) is 13.1. The van der Waals surface area contributed by atoms with Gasteiger partial charge in [-0.1, -0.05) is 80.1 Å². The molecule has 0 aromatic carbocycles. The van der Waals surface area contributed by atoms with Crippen LogP contribution in [0, 0.1) is 0 Å². The molecular formula is C30H42BFN6. The van der Waals surface area contributed by atoms with Gasteiger partial charge in [0.05, 0.1) is 0 Å². The van der Waals surface area contributed by atoms with E-state index in [9.17, 15) is 0 Å². The highest BCUT2D eigenvalue weighted by atomic mass is 19.1. The average Bonchev–Trinajstić information content (AvgIpc) is 3.47. The largest absolute Gasteiger partial charge is 0.601 e. The summed E-state index contributed by atoms with van der Waals surface area (Å²) in [6, 6.07) is 0. The van der Waals surface area contributed by atoms with Crippen LogP contribution in [0.4, 0.5) is 16.0 Å². The number of rotatable bonds is 12. The van der Waals surface area contributed by atoms with Crippen LogP contribution in [0.25, 0.3) is 0 Å². The monoisotopic (exact) mass is 516 g/mol. The van der Waals surface area contributed by atoms with E-state index in [0.29, 0.717) is 11.3 Å². The third-order valence-corrected chi connectivity index (χ3v) is 7.90. The zero-order valence-corrected chi connectivity index (χ0v) is 24.1. The lowest BCUT2D eigenvalue weighted by atomic mass is 10.00. The fourth-order valence-corrected chi connectivity index (χ4v) is 6.39. The molecule has 3 aliphatic heterocycles. The van der Waals surface area contributed by atoms with Crippen molar-refractivity contribution in [1.29, 1.82) is 0 Å². The predicted octanol–water partition coefficient (Wildman–Crippen LogP) is 6.69. The van der Waals surface area contributed by atoms with E-state index >= 15 is 4.32 Å². The first-order chi connectivity index (χ1) is 18.5. The molecule has 5 heterocycles. The molecule has 0 atom stereocenters. The van der Waals surface area contributed by atoms with Crippen molar-refractivity contribution in [3.8, 4) is 0 Å². The highest BCUT2D eigenvalue weighted by Gasteiger charge is 2.39. The molecule has 3 aliphatic rings. The zero-order chi connectivity index (χ0) is 27.0. The van der Waals surface area contributed by atoms with Gasteiger partial charge in [0.2, 0.25) is 0 Å². The van der Waals surface area contributed by atoms with Crippen LogP contribution >= 0.6 is 0 Å². The predicted molar refractivity (Wildman–Crippen MR) is 156 cm³/mol. The van der Waals surface area contributed by atoms with E-state index in [4.69, 9.17) is 20.0 Å². The Labute approximate surface area is 226 Å². The Kier molecular flexibility index (Phi) is 7.87. The first kappa shape index (κ1) is 26.8. The molecule has 5 rings (SSSR count). The van der Waals surface area contributed by atoms with Crippen LogP contribution < -0.4 is 11.0 Å². The molecule has 2 aromatic rings. The summed E-state index contributed by atoms with van der Waals surface area (Å²) in [6.07, 6.45) is 11.1. The van der Waals surface area contributed by atoms with Crippen molar-refractivity contribution in [2.45, 2.75) is 119 Å². The molecule has 0 spiro atoms. The van der Waals surface area contributed by atoms with E-state index in [1.54, 1.807) is 8.96 Å². The molecule has 6 nitrogen and oxygen atoms in total. The van der Waals surface area contributed by atoms with E-state index in [1.807, 2.05) is 0 Å². The SMILES string of the molecule is CCCC1=C(CCC)C2=Nc3c(CCC)c(CCC)c4n3B(F)n3c(c(CCC)c(CCC)c3=N4)=NC1=N2. The van der Waals surface area contributed by atoms with Crippen molar-refractivity contribution in [3.63, 3.8) is 0 Å². The summed E-state index contributed by atoms with van der Waals surface area (Å²) in [5.74, 6) is 2.89. The van der Waals surface area contributed by atoms with Crippen LogP contribution in [-0.4, -0.2) is 27.9 Å².